The number of phenolic OH excluding ortho intramolecular Hbond substituents is 1. The molecule has 0 radical (unpaired) electrons. The van der Waals surface area contributed by atoms with E-state index in [-0.39, 0.29) is 40.0 Å². The predicted octanol–water partition coefficient (Wildman–Crippen LogP) is 3.69. The monoisotopic (exact) mass is 470 g/mol. The minimum Gasteiger partial charge on any atom is -0.507 e. The molecule has 1 fully saturated rings. The lowest BCUT2D eigenvalue weighted by Crippen LogP contribution is -2.61. The Hall–Kier alpha value is -3.72. The van der Waals surface area contributed by atoms with Crippen LogP contribution in [0.25, 0.3) is 22.0 Å². The molecule has 168 valence electrons. The van der Waals surface area contributed by atoms with Crippen molar-refractivity contribution in [2.75, 3.05) is 29.9 Å². The fraction of sp³-hybridized carbons (Fsp3) is 0.174. The van der Waals surface area contributed by atoms with Crippen LogP contribution in [0.15, 0.2) is 43.1 Å². The summed E-state index contributed by atoms with van der Waals surface area (Å²) in [5, 5.41) is 13.1. The van der Waals surface area contributed by atoms with E-state index in [1.807, 2.05) is 0 Å². The fourth-order valence-electron chi connectivity index (χ4n) is 4.46. The first-order chi connectivity index (χ1) is 15.8. The summed E-state index contributed by atoms with van der Waals surface area (Å²) in [6.45, 7) is 4.28. The molecule has 2 aliphatic rings. The lowest BCUT2D eigenvalue weighted by Gasteiger charge is -2.45. The molecule has 0 bridgehead atoms. The summed E-state index contributed by atoms with van der Waals surface area (Å²) in [6.07, 6.45) is 2.52. The van der Waals surface area contributed by atoms with Gasteiger partial charge in [-0.15, -0.1) is 0 Å². The number of piperazine rings is 1. The van der Waals surface area contributed by atoms with Crippen molar-refractivity contribution in [2.24, 2.45) is 0 Å². The van der Waals surface area contributed by atoms with Gasteiger partial charge in [-0.1, -0.05) is 24.2 Å². The zero-order valence-corrected chi connectivity index (χ0v) is 17.9. The van der Waals surface area contributed by atoms with Crippen molar-refractivity contribution in [3.8, 4) is 16.9 Å². The number of halogens is 3. The summed E-state index contributed by atoms with van der Waals surface area (Å²) in [5.41, 5.74) is 0.147. The van der Waals surface area contributed by atoms with Crippen LogP contribution < -0.4 is 10.2 Å². The van der Waals surface area contributed by atoms with Gasteiger partial charge in [-0.25, -0.2) is 8.78 Å². The second-order valence-corrected chi connectivity index (χ2v) is 8.19. The van der Waals surface area contributed by atoms with Gasteiger partial charge in [0, 0.05) is 24.0 Å². The quantitative estimate of drug-likeness (QED) is 0.558. The first-order valence-electron chi connectivity index (χ1n) is 10.1. The molecule has 0 unspecified atom stereocenters. The Balaban J connectivity index is 1.69. The Morgan fingerprint density at radius 1 is 1.30 bits per heavy atom. The molecule has 33 heavy (non-hydrogen) atoms. The molecule has 10 heteroatoms. The highest BCUT2D eigenvalue weighted by Gasteiger charge is 2.40. The molecular formula is C23H17ClF2N4O3. The number of carbonyl (C=O) groups excluding carboxylic acids is 2. The third-order valence-corrected chi connectivity index (χ3v) is 6.28. The van der Waals surface area contributed by atoms with E-state index >= 15 is 4.39 Å². The summed E-state index contributed by atoms with van der Waals surface area (Å²) in [7, 11) is 0. The zero-order valence-electron chi connectivity index (χ0n) is 17.1. The standard InChI is InChI=1S/C23H17ClF2N4O3/c1-2-17(32)29-6-7-30-15(10-29)23(33)28-14-9-27-21-11(22(14)30)8-12(24)18(20(21)26)19-13(25)4-3-5-16(19)31/h2-5,8-9,15,31H,1,6-7,10H2,(H,28,33)/t15-/m1/s1. The minimum atomic E-state index is -0.894. The van der Waals surface area contributed by atoms with Crippen molar-refractivity contribution in [3.05, 3.63) is 59.8 Å². The van der Waals surface area contributed by atoms with E-state index in [4.69, 9.17) is 11.6 Å². The number of rotatable bonds is 2. The molecule has 1 atom stereocenters. The highest BCUT2D eigenvalue weighted by atomic mass is 35.5. The highest BCUT2D eigenvalue weighted by Crippen LogP contribution is 2.45. The van der Waals surface area contributed by atoms with E-state index in [0.29, 0.717) is 29.9 Å². The lowest BCUT2D eigenvalue weighted by atomic mass is 9.98. The number of aromatic nitrogens is 1. The van der Waals surface area contributed by atoms with E-state index < -0.39 is 23.4 Å². The number of aromatic hydroxyl groups is 1. The van der Waals surface area contributed by atoms with Gasteiger partial charge in [0.15, 0.2) is 5.82 Å². The second-order valence-electron chi connectivity index (χ2n) is 7.78. The number of phenols is 1. The summed E-state index contributed by atoms with van der Waals surface area (Å²) in [4.78, 5) is 32.2. The van der Waals surface area contributed by atoms with Crippen LogP contribution in [0, 0.1) is 11.6 Å². The topological polar surface area (TPSA) is 85.8 Å². The van der Waals surface area contributed by atoms with Gasteiger partial charge in [0.2, 0.25) is 11.8 Å². The molecule has 1 saturated heterocycles. The molecule has 3 heterocycles. The summed E-state index contributed by atoms with van der Waals surface area (Å²) < 4.78 is 30.1. The molecule has 1 aromatic heterocycles. The van der Waals surface area contributed by atoms with Crippen molar-refractivity contribution < 1.29 is 23.5 Å². The Labute approximate surface area is 191 Å². The van der Waals surface area contributed by atoms with Crippen LogP contribution in [0.1, 0.15) is 0 Å². The molecule has 7 nitrogen and oxygen atoms in total. The van der Waals surface area contributed by atoms with Gasteiger partial charge >= 0.3 is 0 Å². The van der Waals surface area contributed by atoms with Crippen LogP contribution in [0.4, 0.5) is 20.2 Å². The van der Waals surface area contributed by atoms with Gasteiger partial charge in [0.1, 0.15) is 23.1 Å². The Morgan fingerprint density at radius 3 is 2.82 bits per heavy atom. The number of nitrogens with zero attached hydrogens (tertiary/aromatic N) is 3. The third kappa shape index (κ3) is 3.19. The largest absolute Gasteiger partial charge is 0.507 e. The van der Waals surface area contributed by atoms with Crippen LogP contribution in [0.2, 0.25) is 5.02 Å². The Kier molecular flexibility index (Phi) is 4.93. The van der Waals surface area contributed by atoms with Crippen molar-refractivity contribution in [1.29, 1.82) is 0 Å². The van der Waals surface area contributed by atoms with E-state index in [1.165, 1.54) is 35.4 Å². The van der Waals surface area contributed by atoms with Crippen molar-refractivity contribution in [2.45, 2.75) is 6.04 Å². The first-order valence-corrected chi connectivity index (χ1v) is 10.5. The summed E-state index contributed by atoms with van der Waals surface area (Å²) in [5.74, 6) is -2.78. The van der Waals surface area contributed by atoms with Crippen molar-refractivity contribution >= 4 is 45.7 Å². The number of hydrogen-bond donors (Lipinski definition) is 2. The maximum absolute atomic E-state index is 15.7. The second kappa shape index (κ2) is 7.70. The number of anilines is 2. The fourth-order valence-corrected chi connectivity index (χ4v) is 4.75. The van der Waals surface area contributed by atoms with Gasteiger partial charge in [0.05, 0.1) is 34.7 Å². The Bertz CT molecular complexity index is 1340. The van der Waals surface area contributed by atoms with Gasteiger partial charge < -0.3 is 20.2 Å². The van der Waals surface area contributed by atoms with E-state index in [9.17, 15) is 19.1 Å². The average molecular weight is 471 g/mol. The molecule has 3 aromatic rings. The lowest BCUT2D eigenvalue weighted by molar-refractivity contribution is -0.128. The molecule has 2 aliphatic heterocycles. The smallest absolute Gasteiger partial charge is 0.249 e. The van der Waals surface area contributed by atoms with Crippen molar-refractivity contribution in [3.63, 3.8) is 0 Å². The normalized spacial score (nSPS) is 17.4. The minimum absolute atomic E-state index is 0.0877. The molecular weight excluding hydrogens is 454 g/mol. The first kappa shape index (κ1) is 21.1. The SMILES string of the molecule is C=CC(=O)N1CCN2c3c(cnc4c(F)c(-c5c(O)cccc5F)c(Cl)cc34)NC(=O)[C@H]2C1. The average Bonchev–Trinajstić information content (AvgIpc) is 2.79. The van der Waals surface area contributed by atoms with Gasteiger partial charge in [0.25, 0.3) is 0 Å². The van der Waals surface area contributed by atoms with Gasteiger partial charge in [-0.3, -0.25) is 14.6 Å². The Morgan fingerprint density at radius 2 is 2.09 bits per heavy atom. The molecule has 0 spiro atoms. The molecule has 0 saturated carbocycles. The van der Waals surface area contributed by atoms with Crippen LogP contribution in [0.5, 0.6) is 5.75 Å². The predicted molar refractivity (Wildman–Crippen MR) is 120 cm³/mol. The summed E-state index contributed by atoms with van der Waals surface area (Å²) >= 11 is 6.40. The number of fused-ring (bicyclic) bond motifs is 5. The third-order valence-electron chi connectivity index (χ3n) is 5.98. The number of carbonyl (C=O) groups is 2. The summed E-state index contributed by atoms with van der Waals surface area (Å²) in [6, 6.07) is 4.39. The number of hydrogen-bond acceptors (Lipinski definition) is 5. The molecule has 5 rings (SSSR count). The van der Waals surface area contributed by atoms with Crippen LogP contribution in [-0.2, 0) is 9.59 Å². The number of pyridine rings is 1. The van der Waals surface area contributed by atoms with Crippen LogP contribution in [-0.4, -0.2) is 52.5 Å². The number of nitrogens with one attached hydrogen (secondary N) is 1. The van der Waals surface area contributed by atoms with Crippen molar-refractivity contribution in [1.82, 2.24) is 9.88 Å². The molecule has 0 aliphatic carbocycles. The van der Waals surface area contributed by atoms with E-state index in [2.05, 4.69) is 16.9 Å². The number of benzene rings is 2. The van der Waals surface area contributed by atoms with E-state index in [0.717, 1.165) is 6.07 Å². The van der Waals surface area contributed by atoms with E-state index in [1.54, 1.807) is 4.90 Å². The molecule has 2 amide bonds. The zero-order chi connectivity index (χ0) is 23.4. The van der Waals surface area contributed by atoms with Gasteiger partial charge in [-0.2, -0.15) is 0 Å². The highest BCUT2D eigenvalue weighted by molar-refractivity contribution is 6.34. The molecule has 2 N–H and O–H groups in total. The van der Waals surface area contributed by atoms with Crippen LogP contribution in [0.3, 0.4) is 0 Å². The maximum atomic E-state index is 15.7. The molecule has 2 aromatic carbocycles. The van der Waals surface area contributed by atoms with Crippen LogP contribution >= 0.6 is 11.6 Å². The van der Waals surface area contributed by atoms with Gasteiger partial charge in [-0.05, 0) is 24.3 Å². The maximum Gasteiger partial charge on any atom is 0.249 e. The number of amides is 2.